The van der Waals surface area contributed by atoms with Crippen molar-refractivity contribution in [2.75, 3.05) is 19.8 Å². The highest BCUT2D eigenvalue weighted by molar-refractivity contribution is 4.61. The highest BCUT2D eigenvalue weighted by Crippen LogP contribution is 1.97. The molecule has 1 aliphatic heterocycles. The van der Waals surface area contributed by atoms with Gasteiger partial charge in [0.15, 0.2) is 0 Å². The fourth-order valence-corrected chi connectivity index (χ4v) is 0.867. The Labute approximate surface area is 61.7 Å². The van der Waals surface area contributed by atoms with Gasteiger partial charge in [-0.05, 0) is 13.8 Å². The zero-order chi connectivity index (χ0) is 7.40. The van der Waals surface area contributed by atoms with Crippen molar-refractivity contribution < 1.29 is 9.47 Å². The molecule has 0 radical (unpaired) electrons. The minimum atomic E-state index is 0.127. The van der Waals surface area contributed by atoms with Gasteiger partial charge in [0.2, 0.25) is 0 Å². The van der Waals surface area contributed by atoms with Gasteiger partial charge in [-0.15, -0.1) is 0 Å². The van der Waals surface area contributed by atoms with Gasteiger partial charge in [-0.3, -0.25) is 5.32 Å². The summed E-state index contributed by atoms with van der Waals surface area (Å²) in [6.45, 7) is 6.47. The van der Waals surface area contributed by atoms with E-state index < -0.39 is 0 Å². The maximum absolute atomic E-state index is 5.34. The van der Waals surface area contributed by atoms with E-state index in [0.29, 0.717) is 12.7 Å². The van der Waals surface area contributed by atoms with Crippen molar-refractivity contribution >= 4 is 0 Å². The van der Waals surface area contributed by atoms with Crippen molar-refractivity contribution in [2.45, 2.75) is 26.2 Å². The Morgan fingerprint density at radius 2 is 2.50 bits per heavy atom. The zero-order valence-electron chi connectivity index (χ0n) is 6.59. The lowest BCUT2D eigenvalue weighted by Crippen LogP contribution is -2.29. The standard InChI is InChI=1S/C7H15NO2/c1-6(2)10-5-7-8-3-4-9-7/h6-8H,3-5H2,1-2H3. The molecule has 1 saturated heterocycles. The predicted molar refractivity (Wildman–Crippen MR) is 38.8 cm³/mol. The summed E-state index contributed by atoms with van der Waals surface area (Å²) in [5, 5.41) is 3.16. The van der Waals surface area contributed by atoms with Gasteiger partial charge >= 0.3 is 0 Å². The number of rotatable bonds is 3. The molecule has 1 rings (SSSR count). The molecule has 0 saturated carbocycles. The van der Waals surface area contributed by atoms with Crippen LogP contribution in [0.4, 0.5) is 0 Å². The Balaban J connectivity index is 2.01. The maximum atomic E-state index is 5.34. The molecule has 1 unspecified atom stereocenters. The van der Waals surface area contributed by atoms with Crippen molar-refractivity contribution in [1.29, 1.82) is 0 Å². The van der Waals surface area contributed by atoms with Gasteiger partial charge < -0.3 is 9.47 Å². The van der Waals surface area contributed by atoms with Gasteiger partial charge in [-0.1, -0.05) is 0 Å². The summed E-state index contributed by atoms with van der Waals surface area (Å²) in [7, 11) is 0. The summed E-state index contributed by atoms with van der Waals surface area (Å²) in [4.78, 5) is 0. The molecule has 0 bridgehead atoms. The number of hydrogen-bond acceptors (Lipinski definition) is 3. The van der Waals surface area contributed by atoms with Crippen molar-refractivity contribution in [3.05, 3.63) is 0 Å². The van der Waals surface area contributed by atoms with Crippen LogP contribution in [0, 0.1) is 0 Å². The summed E-state index contributed by atoms with van der Waals surface area (Å²) in [6.07, 6.45) is 0.424. The van der Waals surface area contributed by atoms with Crippen LogP contribution in [-0.2, 0) is 9.47 Å². The summed E-state index contributed by atoms with van der Waals surface area (Å²) < 4.78 is 10.6. The zero-order valence-corrected chi connectivity index (χ0v) is 6.59. The van der Waals surface area contributed by atoms with E-state index in [2.05, 4.69) is 5.32 Å². The lowest BCUT2D eigenvalue weighted by molar-refractivity contribution is -0.0146. The normalized spacial score (nSPS) is 26.1. The molecule has 1 fully saturated rings. The molecular formula is C7H15NO2. The Hall–Kier alpha value is -0.120. The first-order valence-corrected chi connectivity index (χ1v) is 3.75. The summed E-state index contributed by atoms with van der Waals surface area (Å²) in [5.41, 5.74) is 0. The number of ether oxygens (including phenoxy) is 2. The molecule has 3 nitrogen and oxygen atoms in total. The van der Waals surface area contributed by atoms with Crippen LogP contribution in [0.5, 0.6) is 0 Å². The molecule has 10 heavy (non-hydrogen) atoms. The first-order valence-electron chi connectivity index (χ1n) is 3.75. The molecule has 0 amide bonds. The van der Waals surface area contributed by atoms with Crippen LogP contribution in [0.2, 0.25) is 0 Å². The monoisotopic (exact) mass is 145 g/mol. The fraction of sp³-hybridized carbons (Fsp3) is 1.00. The Bertz CT molecular complexity index is 89.6. The van der Waals surface area contributed by atoms with E-state index in [0.717, 1.165) is 13.2 Å². The van der Waals surface area contributed by atoms with Gasteiger partial charge in [0.25, 0.3) is 0 Å². The quantitative estimate of drug-likeness (QED) is 0.622. The molecule has 1 aliphatic rings. The lowest BCUT2D eigenvalue weighted by atomic mass is 10.5. The molecule has 3 heteroatoms. The molecule has 0 spiro atoms. The second-order valence-corrected chi connectivity index (χ2v) is 2.70. The van der Waals surface area contributed by atoms with E-state index in [1.54, 1.807) is 0 Å². The lowest BCUT2D eigenvalue weighted by Gasteiger charge is -2.12. The van der Waals surface area contributed by atoms with E-state index in [1.807, 2.05) is 13.8 Å². The molecule has 0 aromatic rings. The molecular weight excluding hydrogens is 130 g/mol. The van der Waals surface area contributed by atoms with Crippen LogP contribution in [-0.4, -0.2) is 32.1 Å². The van der Waals surface area contributed by atoms with Crippen LogP contribution in [0.15, 0.2) is 0 Å². The van der Waals surface area contributed by atoms with Crippen LogP contribution in [0.25, 0.3) is 0 Å². The highest BCUT2D eigenvalue weighted by atomic mass is 16.6. The average molecular weight is 145 g/mol. The Kier molecular flexibility index (Phi) is 3.12. The van der Waals surface area contributed by atoms with E-state index in [9.17, 15) is 0 Å². The molecule has 0 aliphatic carbocycles. The van der Waals surface area contributed by atoms with Gasteiger partial charge in [-0.2, -0.15) is 0 Å². The minimum absolute atomic E-state index is 0.127. The molecule has 1 heterocycles. The number of nitrogens with one attached hydrogen (secondary N) is 1. The molecule has 60 valence electrons. The summed E-state index contributed by atoms with van der Waals surface area (Å²) in [6, 6.07) is 0. The average Bonchev–Trinajstić information content (AvgIpc) is 2.34. The van der Waals surface area contributed by atoms with Crippen molar-refractivity contribution in [3.8, 4) is 0 Å². The largest absolute Gasteiger partial charge is 0.375 e. The first kappa shape index (κ1) is 7.98. The van der Waals surface area contributed by atoms with Crippen molar-refractivity contribution in [1.82, 2.24) is 5.32 Å². The smallest absolute Gasteiger partial charge is 0.131 e. The maximum Gasteiger partial charge on any atom is 0.131 e. The van der Waals surface area contributed by atoms with E-state index in [1.165, 1.54) is 0 Å². The molecule has 0 aromatic heterocycles. The molecule has 1 N–H and O–H groups in total. The van der Waals surface area contributed by atoms with E-state index in [-0.39, 0.29) is 6.23 Å². The third-order valence-corrected chi connectivity index (χ3v) is 1.37. The second-order valence-electron chi connectivity index (χ2n) is 2.70. The van der Waals surface area contributed by atoms with Crippen LogP contribution in [0.3, 0.4) is 0 Å². The molecule has 0 aromatic carbocycles. The SMILES string of the molecule is CC(C)OCC1NCCO1. The minimum Gasteiger partial charge on any atom is -0.375 e. The van der Waals surface area contributed by atoms with E-state index >= 15 is 0 Å². The van der Waals surface area contributed by atoms with Crippen molar-refractivity contribution in [3.63, 3.8) is 0 Å². The Morgan fingerprint density at radius 1 is 1.70 bits per heavy atom. The topological polar surface area (TPSA) is 30.5 Å². The molecule has 1 atom stereocenters. The number of hydrogen-bond donors (Lipinski definition) is 1. The van der Waals surface area contributed by atoms with Crippen LogP contribution >= 0.6 is 0 Å². The summed E-state index contributed by atoms with van der Waals surface area (Å²) >= 11 is 0. The van der Waals surface area contributed by atoms with Gasteiger partial charge in [0.05, 0.1) is 19.3 Å². The van der Waals surface area contributed by atoms with Gasteiger partial charge in [0, 0.05) is 6.54 Å². The third kappa shape index (κ3) is 2.64. The fourth-order valence-electron chi connectivity index (χ4n) is 0.867. The predicted octanol–water partition coefficient (Wildman–Crippen LogP) is 0.357. The Morgan fingerprint density at radius 3 is 3.00 bits per heavy atom. The van der Waals surface area contributed by atoms with E-state index in [4.69, 9.17) is 9.47 Å². The van der Waals surface area contributed by atoms with Gasteiger partial charge in [-0.25, -0.2) is 0 Å². The summed E-state index contributed by atoms with van der Waals surface area (Å²) in [5.74, 6) is 0. The van der Waals surface area contributed by atoms with Crippen LogP contribution < -0.4 is 5.32 Å². The van der Waals surface area contributed by atoms with Crippen LogP contribution in [0.1, 0.15) is 13.8 Å². The third-order valence-electron chi connectivity index (χ3n) is 1.37. The highest BCUT2D eigenvalue weighted by Gasteiger charge is 2.14. The second kappa shape index (κ2) is 3.91. The van der Waals surface area contributed by atoms with Crippen molar-refractivity contribution in [2.24, 2.45) is 0 Å². The van der Waals surface area contributed by atoms with Gasteiger partial charge in [0.1, 0.15) is 6.23 Å². The first-order chi connectivity index (χ1) is 4.79.